The van der Waals surface area contributed by atoms with Gasteiger partial charge in [0.15, 0.2) is 11.5 Å². The molecule has 3 aromatic rings. The number of nitrogens with zero attached hydrogens (tertiary/aromatic N) is 2. The number of anilines is 2. The summed E-state index contributed by atoms with van der Waals surface area (Å²) in [5, 5.41) is 10.0. The monoisotopic (exact) mass is 575 g/mol. The van der Waals surface area contributed by atoms with Crippen molar-refractivity contribution in [3.63, 3.8) is 0 Å². The molecule has 9 nitrogen and oxygen atoms in total. The minimum atomic E-state index is -3.72. The van der Waals surface area contributed by atoms with Gasteiger partial charge in [-0.3, -0.25) is 14.6 Å². The summed E-state index contributed by atoms with van der Waals surface area (Å²) in [6.45, 7) is 5.42. The molecule has 0 radical (unpaired) electrons. The van der Waals surface area contributed by atoms with Crippen LogP contribution in [0.15, 0.2) is 24.4 Å². The van der Waals surface area contributed by atoms with E-state index in [-0.39, 0.29) is 23.1 Å². The number of pyridine rings is 1. The van der Waals surface area contributed by atoms with Crippen LogP contribution in [0.2, 0.25) is 0 Å². The normalized spacial score (nSPS) is 11.7. The molecule has 0 saturated carbocycles. The second kappa shape index (κ2) is 9.98. The third-order valence-electron chi connectivity index (χ3n) is 4.32. The third kappa shape index (κ3) is 5.46. The first-order chi connectivity index (χ1) is 15.1. The van der Waals surface area contributed by atoms with E-state index in [0.717, 1.165) is 0 Å². The number of carbonyl (C=O) groups is 1. The molecule has 32 heavy (non-hydrogen) atoms. The molecule has 0 unspecified atom stereocenters. The maximum absolute atomic E-state index is 15.2. The molecule has 2 aromatic heterocycles. The van der Waals surface area contributed by atoms with E-state index in [1.54, 1.807) is 13.0 Å². The molecule has 2 heterocycles. The highest BCUT2D eigenvalue weighted by Crippen LogP contribution is 2.28. The maximum atomic E-state index is 15.2. The number of nitrogens with one attached hydrogen (secondary N) is 3. The van der Waals surface area contributed by atoms with Crippen molar-refractivity contribution in [2.75, 3.05) is 15.8 Å². The summed E-state index contributed by atoms with van der Waals surface area (Å²) in [7, 11) is -3.72. The van der Waals surface area contributed by atoms with Crippen LogP contribution in [-0.2, 0) is 14.5 Å². The molecule has 3 N–H and O–H groups in total. The average molecular weight is 575 g/mol. The van der Waals surface area contributed by atoms with Gasteiger partial charge in [0.25, 0.3) is 5.91 Å². The Morgan fingerprint density at radius 3 is 2.75 bits per heavy atom. The number of alkyl halides is 1. The molecule has 1 aromatic carbocycles. The van der Waals surface area contributed by atoms with Gasteiger partial charge in [-0.1, -0.05) is 35.6 Å². The number of H-pyrrole nitrogens is 1. The van der Waals surface area contributed by atoms with Crippen LogP contribution in [-0.4, -0.2) is 41.4 Å². The fraction of sp³-hybridized carbons (Fsp3) is 0.350. The summed E-state index contributed by atoms with van der Waals surface area (Å²) < 4.78 is 47.6. The first-order valence-electron chi connectivity index (χ1n) is 9.85. The van der Waals surface area contributed by atoms with Crippen LogP contribution in [0.1, 0.15) is 43.1 Å². The van der Waals surface area contributed by atoms with Crippen molar-refractivity contribution in [3.8, 4) is 5.88 Å². The zero-order valence-electron chi connectivity index (χ0n) is 17.7. The van der Waals surface area contributed by atoms with Crippen LogP contribution in [0.25, 0.3) is 11.0 Å². The summed E-state index contributed by atoms with van der Waals surface area (Å²) in [5.74, 6) is -1.47. The molecule has 0 aliphatic carbocycles. The number of benzene rings is 1. The van der Waals surface area contributed by atoms with Crippen LogP contribution in [0.3, 0.4) is 0 Å². The van der Waals surface area contributed by atoms with E-state index in [1.165, 1.54) is 18.3 Å². The molecule has 0 bridgehead atoms. The molecule has 0 spiro atoms. The number of hydrogen-bond donors (Lipinski definition) is 3. The molecule has 0 aliphatic heterocycles. The Kier molecular flexibility index (Phi) is 7.54. The second-order valence-electron chi connectivity index (χ2n) is 7.29. The van der Waals surface area contributed by atoms with E-state index in [0.29, 0.717) is 39.0 Å². The predicted octanol–water partition coefficient (Wildman–Crippen LogP) is 4.22. The number of ether oxygens (including phenoxy) is 1. The molecule has 1 amide bonds. The summed E-state index contributed by atoms with van der Waals surface area (Å²) in [6.07, 6.45) is 1.68. The van der Waals surface area contributed by atoms with Gasteiger partial charge < -0.3 is 10.1 Å². The SMILES string of the molecule is CCCS(=O)(=O)Nc1ccc(CI)c(C(=O)Nc2cnc3[nH]nc(OC(C)C)c3c2)c1F. The number of aromatic amines is 1. The van der Waals surface area contributed by atoms with Gasteiger partial charge in [0.2, 0.25) is 15.9 Å². The second-order valence-corrected chi connectivity index (χ2v) is 9.89. The molecular weight excluding hydrogens is 552 g/mol. The number of halogens is 2. The van der Waals surface area contributed by atoms with Gasteiger partial charge in [0.05, 0.1) is 40.4 Å². The summed E-state index contributed by atoms with van der Waals surface area (Å²) in [4.78, 5) is 17.2. The molecule has 3 rings (SSSR count). The van der Waals surface area contributed by atoms with E-state index >= 15 is 4.39 Å². The summed E-state index contributed by atoms with van der Waals surface area (Å²) in [5.41, 5.74) is 0.717. The number of aromatic nitrogens is 3. The topological polar surface area (TPSA) is 126 Å². The highest BCUT2D eigenvalue weighted by molar-refractivity contribution is 14.1. The standard InChI is InChI=1S/C20H23FIN5O4S/c1-4-7-32(29,30)27-15-6-5-12(9-22)16(17(15)21)19(28)24-13-8-14-18(23-10-13)25-26-20(14)31-11(2)3/h5-6,8,10-11,27H,4,7,9H2,1-3H3,(H,24,28)(H,23,25,26). The van der Waals surface area contributed by atoms with E-state index in [2.05, 4.69) is 25.2 Å². The fourth-order valence-electron chi connectivity index (χ4n) is 2.99. The van der Waals surface area contributed by atoms with Gasteiger partial charge >= 0.3 is 0 Å². The van der Waals surface area contributed by atoms with Crippen molar-refractivity contribution in [2.24, 2.45) is 0 Å². The van der Waals surface area contributed by atoms with Gasteiger partial charge in [-0.25, -0.2) is 17.8 Å². The Bertz CT molecular complexity index is 1250. The van der Waals surface area contributed by atoms with Crippen molar-refractivity contribution in [2.45, 2.75) is 37.7 Å². The van der Waals surface area contributed by atoms with E-state index in [1.807, 2.05) is 36.4 Å². The van der Waals surface area contributed by atoms with E-state index < -0.39 is 21.7 Å². The van der Waals surface area contributed by atoms with Gasteiger partial charge in [-0.2, -0.15) is 0 Å². The number of sulfonamides is 1. The lowest BCUT2D eigenvalue weighted by atomic mass is 10.1. The lowest BCUT2D eigenvalue weighted by Gasteiger charge is -2.14. The van der Waals surface area contributed by atoms with E-state index in [4.69, 9.17) is 4.74 Å². The lowest BCUT2D eigenvalue weighted by molar-refractivity contribution is 0.102. The smallest absolute Gasteiger partial charge is 0.259 e. The van der Waals surface area contributed by atoms with Crippen molar-refractivity contribution >= 4 is 60.9 Å². The van der Waals surface area contributed by atoms with Gasteiger partial charge in [0, 0.05) is 4.43 Å². The van der Waals surface area contributed by atoms with Crippen molar-refractivity contribution < 1.29 is 22.3 Å². The Morgan fingerprint density at radius 2 is 2.09 bits per heavy atom. The number of carbonyl (C=O) groups excluding carboxylic acids is 1. The van der Waals surface area contributed by atoms with Crippen molar-refractivity contribution in [1.82, 2.24) is 15.2 Å². The number of fused-ring (bicyclic) bond motifs is 1. The summed E-state index contributed by atoms with van der Waals surface area (Å²) >= 11 is 2.01. The van der Waals surface area contributed by atoms with Gasteiger partial charge in [-0.15, -0.1) is 5.10 Å². The Morgan fingerprint density at radius 1 is 1.34 bits per heavy atom. The van der Waals surface area contributed by atoms with Gasteiger partial charge in [-0.05, 0) is 38.0 Å². The van der Waals surface area contributed by atoms with Crippen molar-refractivity contribution in [3.05, 3.63) is 41.3 Å². The van der Waals surface area contributed by atoms with Crippen LogP contribution in [0, 0.1) is 5.82 Å². The molecule has 0 aliphatic rings. The van der Waals surface area contributed by atoms with Gasteiger partial charge in [0.1, 0.15) is 0 Å². The van der Waals surface area contributed by atoms with Crippen molar-refractivity contribution in [1.29, 1.82) is 0 Å². The Balaban J connectivity index is 1.94. The van der Waals surface area contributed by atoms with Crippen LogP contribution >= 0.6 is 22.6 Å². The molecule has 0 atom stereocenters. The molecule has 0 saturated heterocycles. The minimum absolute atomic E-state index is 0.112. The first-order valence-corrected chi connectivity index (χ1v) is 13.0. The van der Waals surface area contributed by atoms with Crippen LogP contribution in [0.5, 0.6) is 5.88 Å². The third-order valence-corrected chi connectivity index (χ3v) is 6.62. The number of hydrogen-bond acceptors (Lipinski definition) is 6. The first kappa shape index (κ1) is 24.2. The lowest BCUT2D eigenvalue weighted by Crippen LogP contribution is -2.20. The number of amides is 1. The summed E-state index contributed by atoms with van der Waals surface area (Å²) in [6, 6.07) is 4.47. The Hall–Kier alpha value is -2.48. The van der Waals surface area contributed by atoms with Crippen LogP contribution < -0.4 is 14.8 Å². The highest BCUT2D eigenvalue weighted by Gasteiger charge is 2.23. The molecule has 12 heteroatoms. The fourth-order valence-corrected chi connectivity index (χ4v) is 4.76. The number of rotatable bonds is 9. The van der Waals surface area contributed by atoms with Crippen LogP contribution in [0.4, 0.5) is 15.8 Å². The average Bonchev–Trinajstić information content (AvgIpc) is 3.10. The molecule has 172 valence electrons. The highest BCUT2D eigenvalue weighted by atomic mass is 127. The van der Waals surface area contributed by atoms with E-state index in [9.17, 15) is 13.2 Å². The predicted molar refractivity (Wildman–Crippen MR) is 129 cm³/mol. The largest absolute Gasteiger partial charge is 0.473 e. The zero-order chi connectivity index (χ0) is 23.5. The quantitative estimate of drug-likeness (QED) is 0.259. The maximum Gasteiger partial charge on any atom is 0.259 e. The zero-order valence-corrected chi connectivity index (χ0v) is 20.7. The molecular formula is C20H23FIN5O4S. The molecule has 0 fully saturated rings. The minimum Gasteiger partial charge on any atom is -0.473 e. The Labute approximate surface area is 198 Å².